The predicted octanol–water partition coefficient (Wildman–Crippen LogP) is 7.32. The number of nitrogens with zero attached hydrogens (tertiary/aromatic N) is 2. The van der Waals surface area contributed by atoms with Crippen molar-refractivity contribution in [2.75, 3.05) is 18.0 Å². The molecule has 1 aliphatic heterocycles. The van der Waals surface area contributed by atoms with Gasteiger partial charge in [0, 0.05) is 35.6 Å². The molecule has 0 atom stereocenters. The van der Waals surface area contributed by atoms with Crippen LogP contribution in [0.3, 0.4) is 0 Å². The van der Waals surface area contributed by atoms with Crippen molar-refractivity contribution in [2.24, 2.45) is 4.99 Å². The Bertz CT molecular complexity index is 1030. The molecule has 30 heavy (non-hydrogen) atoms. The minimum absolute atomic E-state index is 0.00871. The average Bonchev–Trinajstić information content (AvgIpc) is 3.22. The van der Waals surface area contributed by atoms with Gasteiger partial charge in [0.15, 0.2) is 0 Å². The van der Waals surface area contributed by atoms with Crippen LogP contribution in [0.4, 0.5) is 11.4 Å². The summed E-state index contributed by atoms with van der Waals surface area (Å²) in [7, 11) is 0. The zero-order valence-corrected chi connectivity index (χ0v) is 20.0. The zero-order chi connectivity index (χ0) is 21.8. The monoisotopic (exact) mass is 444 g/mol. The van der Waals surface area contributed by atoms with E-state index in [4.69, 9.17) is 28.2 Å². The van der Waals surface area contributed by atoms with Gasteiger partial charge >= 0.3 is 0 Å². The Morgan fingerprint density at radius 3 is 2.37 bits per heavy atom. The molecule has 0 aromatic heterocycles. The zero-order valence-electron chi connectivity index (χ0n) is 18.4. The Kier molecular flexibility index (Phi) is 5.35. The third-order valence-electron chi connectivity index (χ3n) is 6.65. The number of aromatic hydroxyl groups is 1. The largest absolute Gasteiger partial charge is 0.506 e. The van der Waals surface area contributed by atoms with Crippen LogP contribution in [0.15, 0.2) is 23.2 Å². The van der Waals surface area contributed by atoms with Crippen LogP contribution in [-0.2, 0) is 10.8 Å². The molecule has 1 heterocycles. The number of hydrogen-bond donors (Lipinski definition) is 1. The lowest BCUT2D eigenvalue weighted by Crippen LogP contribution is -2.20. The Labute approximate surface area is 189 Å². The highest BCUT2D eigenvalue weighted by molar-refractivity contribution is 6.36. The summed E-state index contributed by atoms with van der Waals surface area (Å²) in [5.74, 6) is 0.00871. The second-order valence-corrected chi connectivity index (χ2v) is 10.9. The van der Waals surface area contributed by atoms with Crippen molar-refractivity contribution in [3.63, 3.8) is 0 Å². The normalized spacial score (nSPS) is 19.6. The van der Waals surface area contributed by atoms with Gasteiger partial charge in [-0.2, -0.15) is 0 Å². The minimum atomic E-state index is 0.00871. The molecule has 2 aliphatic rings. The second kappa shape index (κ2) is 7.46. The quantitative estimate of drug-likeness (QED) is 0.503. The molecule has 0 radical (unpaired) electrons. The predicted molar refractivity (Wildman–Crippen MR) is 129 cm³/mol. The van der Waals surface area contributed by atoms with Crippen molar-refractivity contribution < 1.29 is 5.11 Å². The fraction of sp³-hybridized carbons (Fsp3) is 0.480. The number of halogens is 2. The van der Waals surface area contributed by atoms with Crippen molar-refractivity contribution in [3.8, 4) is 5.75 Å². The lowest BCUT2D eigenvalue weighted by molar-refractivity contribution is 0.403. The fourth-order valence-electron chi connectivity index (χ4n) is 5.53. The second-order valence-electron chi connectivity index (χ2n) is 10.0. The first-order chi connectivity index (χ1) is 14.0. The summed E-state index contributed by atoms with van der Waals surface area (Å²) in [5.41, 5.74) is 6.85. The highest BCUT2D eigenvalue weighted by Crippen LogP contribution is 2.55. The molecule has 0 saturated carbocycles. The summed E-state index contributed by atoms with van der Waals surface area (Å²) in [6.45, 7) is 13.6. The van der Waals surface area contributed by atoms with Crippen LogP contribution in [0.25, 0.3) is 0 Å². The van der Waals surface area contributed by atoms with Gasteiger partial charge in [0.05, 0.1) is 10.7 Å². The van der Waals surface area contributed by atoms with Gasteiger partial charge in [-0.3, -0.25) is 4.99 Å². The molecule has 0 spiro atoms. The summed E-state index contributed by atoms with van der Waals surface area (Å²) >= 11 is 12.3. The van der Waals surface area contributed by atoms with E-state index < -0.39 is 0 Å². The summed E-state index contributed by atoms with van der Waals surface area (Å²) in [5, 5.41) is 11.1. The number of benzene rings is 2. The third kappa shape index (κ3) is 3.61. The molecule has 5 heteroatoms. The summed E-state index contributed by atoms with van der Waals surface area (Å²) in [4.78, 5) is 7.44. The van der Waals surface area contributed by atoms with Gasteiger partial charge in [-0.1, -0.05) is 50.9 Å². The molecule has 0 amide bonds. The Balaban J connectivity index is 1.93. The number of fused-ring (bicyclic) bond motifs is 1. The van der Waals surface area contributed by atoms with Gasteiger partial charge in [0.1, 0.15) is 5.75 Å². The number of phenols is 1. The molecule has 0 bridgehead atoms. The molecule has 0 unspecified atom stereocenters. The van der Waals surface area contributed by atoms with Gasteiger partial charge in [0.2, 0.25) is 0 Å². The number of anilines is 1. The van der Waals surface area contributed by atoms with Gasteiger partial charge in [-0.25, -0.2) is 0 Å². The van der Waals surface area contributed by atoms with E-state index in [9.17, 15) is 5.11 Å². The molecule has 4 rings (SSSR count). The van der Waals surface area contributed by atoms with Crippen molar-refractivity contribution in [2.45, 2.75) is 64.7 Å². The molecule has 1 N–H and O–H groups in total. The first-order valence-electron chi connectivity index (χ1n) is 10.7. The number of aliphatic imine (C=N–C) groups is 1. The maximum absolute atomic E-state index is 10.4. The van der Waals surface area contributed by atoms with Crippen LogP contribution >= 0.6 is 23.2 Å². The van der Waals surface area contributed by atoms with Gasteiger partial charge < -0.3 is 10.0 Å². The standard InChI is InChI=1S/C25H30Cl2N2O/c1-15-20(29-8-6-7-9-29)12-18-21(25(4,5)14-24(18,2)3)22(15)28-13-16-10-17(26)11-19(27)23(16)30/h10-13,30H,6-9,14H2,1-5H3. The van der Waals surface area contributed by atoms with Crippen LogP contribution in [0.2, 0.25) is 10.0 Å². The summed E-state index contributed by atoms with van der Waals surface area (Å²) in [6, 6.07) is 5.65. The molecule has 1 saturated heterocycles. The van der Waals surface area contributed by atoms with Crippen molar-refractivity contribution in [3.05, 3.63) is 50.5 Å². The van der Waals surface area contributed by atoms with Crippen LogP contribution in [-0.4, -0.2) is 24.4 Å². The molecular formula is C25H30Cl2N2O. The number of rotatable bonds is 3. The Morgan fingerprint density at radius 2 is 1.70 bits per heavy atom. The summed E-state index contributed by atoms with van der Waals surface area (Å²) < 4.78 is 0. The first kappa shape index (κ1) is 21.5. The van der Waals surface area contributed by atoms with E-state index in [-0.39, 0.29) is 21.6 Å². The van der Waals surface area contributed by atoms with E-state index in [0.29, 0.717) is 10.6 Å². The van der Waals surface area contributed by atoms with E-state index in [1.165, 1.54) is 35.2 Å². The Hall–Kier alpha value is -1.71. The van der Waals surface area contributed by atoms with Crippen LogP contribution in [0.1, 0.15) is 69.2 Å². The fourth-order valence-corrected chi connectivity index (χ4v) is 6.04. The lowest BCUT2D eigenvalue weighted by atomic mass is 9.81. The molecule has 2 aromatic carbocycles. The molecule has 160 valence electrons. The highest BCUT2D eigenvalue weighted by atomic mass is 35.5. The third-order valence-corrected chi connectivity index (χ3v) is 7.16. The maximum Gasteiger partial charge on any atom is 0.143 e. The molecule has 3 nitrogen and oxygen atoms in total. The molecular weight excluding hydrogens is 415 g/mol. The van der Waals surface area contributed by atoms with Crippen molar-refractivity contribution >= 4 is 40.8 Å². The Morgan fingerprint density at radius 1 is 1.03 bits per heavy atom. The van der Waals surface area contributed by atoms with E-state index in [1.807, 2.05) is 0 Å². The number of phenolic OH excluding ortho intramolecular Hbond substituents is 1. The molecule has 2 aromatic rings. The van der Waals surface area contributed by atoms with Gasteiger partial charge in [-0.05, 0) is 71.9 Å². The van der Waals surface area contributed by atoms with Crippen molar-refractivity contribution in [1.29, 1.82) is 0 Å². The van der Waals surface area contributed by atoms with E-state index in [1.54, 1.807) is 18.3 Å². The molecule has 1 fully saturated rings. The van der Waals surface area contributed by atoms with E-state index in [0.717, 1.165) is 25.2 Å². The summed E-state index contributed by atoms with van der Waals surface area (Å²) in [6.07, 6.45) is 5.25. The van der Waals surface area contributed by atoms with E-state index >= 15 is 0 Å². The smallest absolute Gasteiger partial charge is 0.143 e. The SMILES string of the molecule is Cc1c(N2CCCC2)cc2c(c1N=Cc1cc(Cl)cc(Cl)c1O)C(C)(C)CC2(C)C. The van der Waals surface area contributed by atoms with Crippen LogP contribution < -0.4 is 4.90 Å². The maximum atomic E-state index is 10.4. The first-order valence-corrected chi connectivity index (χ1v) is 11.4. The lowest BCUT2D eigenvalue weighted by Gasteiger charge is -2.27. The molecule has 1 aliphatic carbocycles. The van der Waals surface area contributed by atoms with Gasteiger partial charge in [-0.15, -0.1) is 0 Å². The van der Waals surface area contributed by atoms with Gasteiger partial charge in [0.25, 0.3) is 0 Å². The van der Waals surface area contributed by atoms with Crippen molar-refractivity contribution in [1.82, 2.24) is 0 Å². The number of hydrogen-bond acceptors (Lipinski definition) is 3. The van der Waals surface area contributed by atoms with Crippen LogP contribution in [0, 0.1) is 6.92 Å². The minimum Gasteiger partial charge on any atom is -0.506 e. The topological polar surface area (TPSA) is 35.8 Å². The van der Waals surface area contributed by atoms with E-state index in [2.05, 4.69) is 45.6 Å². The average molecular weight is 445 g/mol. The highest BCUT2D eigenvalue weighted by Gasteiger charge is 2.44. The van der Waals surface area contributed by atoms with Crippen LogP contribution in [0.5, 0.6) is 5.75 Å².